The summed E-state index contributed by atoms with van der Waals surface area (Å²) in [5.74, 6) is -0.144. The number of benzene rings is 1. The minimum atomic E-state index is -0.144. The van der Waals surface area contributed by atoms with E-state index in [1.807, 2.05) is 24.3 Å². The summed E-state index contributed by atoms with van der Waals surface area (Å²) in [6.07, 6.45) is 4.16. The molecule has 1 heterocycles. The highest BCUT2D eigenvalue weighted by atomic mass is 32.2. The quantitative estimate of drug-likeness (QED) is 0.901. The molecule has 0 bridgehead atoms. The fraction of sp³-hybridized carbons (Fsp3) is 0.267. The Kier molecular flexibility index (Phi) is 3.80. The van der Waals surface area contributed by atoms with Crippen LogP contribution in [0.25, 0.3) is 0 Å². The Morgan fingerprint density at radius 2 is 2.11 bits per heavy atom. The van der Waals surface area contributed by atoms with Gasteiger partial charge in [-0.2, -0.15) is 0 Å². The number of hydrogen-bond donors (Lipinski definition) is 1. The number of halogens is 1. The van der Waals surface area contributed by atoms with Crippen molar-refractivity contribution >= 4 is 11.8 Å². The molecule has 1 aliphatic rings. The van der Waals surface area contributed by atoms with E-state index in [1.165, 1.54) is 30.7 Å². The van der Waals surface area contributed by atoms with E-state index in [2.05, 4.69) is 10.3 Å². The predicted molar refractivity (Wildman–Crippen MR) is 74.6 cm³/mol. The molecule has 0 radical (unpaired) electrons. The smallest absolute Gasteiger partial charge is 0.128 e. The van der Waals surface area contributed by atoms with Crippen LogP contribution in [0, 0.1) is 5.82 Å². The van der Waals surface area contributed by atoms with Gasteiger partial charge in [0.2, 0.25) is 0 Å². The Labute approximate surface area is 116 Å². The molecule has 98 valence electrons. The number of rotatable bonds is 5. The van der Waals surface area contributed by atoms with E-state index in [4.69, 9.17) is 0 Å². The summed E-state index contributed by atoms with van der Waals surface area (Å²) in [5, 5.41) is 4.26. The monoisotopic (exact) mass is 274 g/mol. The van der Waals surface area contributed by atoms with Gasteiger partial charge in [-0.15, -0.1) is 0 Å². The van der Waals surface area contributed by atoms with E-state index in [-0.39, 0.29) is 5.82 Å². The summed E-state index contributed by atoms with van der Waals surface area (Å²) >= 11 is 1.51. The van der Waals surface area contributed by atoms with Crippen LogP contribution in [0.3, 0.4) is 0 Å². The predicted octanol–water partition coefficient (Wildman–Crippen LogP) is 3.62. The van der Waals surface area contributed by atoms with Crippen molar-refractivity contribution in [3.63, 3.8) is 0 Å². The van der Waals surface area contributed by atoms with Crippen LogP contribution in [0.1, 0.15) is 18.4 Å². The SMILES string of the molecule is Fc1cccc(Sc2ccccn2)c1CNC1CC1. The molecule has 1 fully saturated rings. The van der Waals surface area contributed by atoms with Gasteiger partial charge < -0.3 is 5.32 Å². The van der Waals surface area contributed by atoms with Crippen molar-refractivity contribution in [2.75, 3.05) is 0 Å². The highest BCUT2D eigenvalue weighted by Crippen LogP contribution is 2.31. The maximum atomic E-state index is 13.9. The van der Waals surface area contributed by atoms with Gasteiger partial charge in [0.25, 0.3) is 0 Å². The molecule has 1 saturated carbocycles. The van der Waals surface area contributed by atoms with Gasteiger partial charge in [-0.1, -0.05) is 23.9 Å². The van der Waals surface area contributed by atoms with Gasteiger partial charge >= 0.3 is 0 Å². The number of nitrogens with one attached hydrogen (secondary N) is 1. The number of hydrogen-bond acceptors (Lipinski definition) is 3. The molecule has 0 aliphatic heterocycles. The van der Waals surface area contributed by atoms with Crippen molar-refractivity contribution in [1.29, 1.82) is 0 Å². The lowest BCUT2D eigenvalue weighted by Crippen LogP contribution is -2.16. The lowest BCUT2D eigenvalue weighted by molar-refractivity contribution is 0.579. The van der Waals surface area contributed by atoms with E-state index < -0.39 is 0 Å². The number of aromatic nitrogens is 1. The Balaban J connectivity index is 1.80. The second-order valence-corrected chi connectivity index (χ2v) is 5.70. The van der Waals surface area contributed by atoms with Crippen LogP contribution >= 0.6 is 11.8 Å². The first-order valence-corrected chi connectivity index (χ1v) is 7.24. The zero-order valence-corrected chi connectivity index (χ0v) is 11.3. The first-order valence-electron chi connectivity index (χ1n) is 6.42. The molecule has 2 aromatic rings. The average molecular weight is 274 g/mol. The lowest BCUT2D eigenvalue weighted by atomic mass is 10.2. The van der Waals surface area contributed by atoms with Crippen LogP contribution in [0.4, 0.5) is 4.39 Å². The van der Waals surface area contributed by atoms with Gasteiger partial charge in [-0.05, 0) is 37.1 Å². The third-order valence-corrected chi connectivity index (χ3v) is 4.13. The van der Waals surface area contributed by atoms with E-state index in [0.717, 1.165) is 15.5 Å². The number of nitrogens with zero attached hydrogens (tertiary/aromatic N) is 1. The summed E-state index contributed by atoms with van der Waals surface area (Å²) in [6.45, 7) is 0.590. The summed E-state index contributed by atoms with van der Waals surface area (Å²) < 4.78 is 13.9. The molecule has 19 heavy (non-hydrogen) atoms. The maximum Gasteiger partial charge on any atom is 0.128 e. The molecule has 3 rings (SSSR count). The second kappa shape index (κ2) is 5.72. The van der Waals surface area contributed by atoms with Gasteiger partial charge in [0.05, 0.1) is 0 Å². The highest BCUT2D eigenvalue weighted by molar-refractivity contribution is 7.99. The second-order valence-electron chi connectivity index (χ2n) is 4.64. The van der Waals surface area contributed by atoms with Crippen LogP contribution < -0.4 is 5.32 Å². The van der Waals surface area contributed by atoms with Crippen LogP contribution in [0.5, 0.6) is 0 Å². The summed E-state index contributed by atoms with van der Waals surface area (Å²) in [4.78, 5) is 5.21. The topological polar surface area (TPSA) is 24.9 Å². The molecule has 0 saturated heterocycles. The zero-order valence-electron chi connectivity index (χ0n) is 10.5. The molecule has 0 amide bonds. The molecule has 1 N–H and O–H groups in total. The van der Waals surface area contributed by atoms with Crippen molar-refractivity contribution < 1.29 is 4.39 Å². The first-order chi connectivity index (χ1) is 9.33. The van der Waals surface area contributed by atoms with Crippen LogP contribution in [0.2, 0.25) is 0 Å². The van der Waals surface area contributed by atoms with Crippen molar-refractivity contribution in [2.24, 2.45) is 0 Å². The highest BCUT2D eigenvalue weighted by Gasteiger charge is 2.21. The van der Waals surface area contributed by atoms with Crippen molar-refractivity contribution in [2.45, 2.75) is 35.3 Å². The molecule has 0 atom stereocenters. The minimum Gasteiger partial charge on any atom is -0.310 e. The van der Waals surface area contributed by atoms with Gasteiger partial charge in [0, 0.05) is 29.2 Å². The lowest BCUT2D eigenvalue weighted by Gasteiger charge is -2.10. The Morgan fingerprint density at radius 3 is 2.84 bits per heavy atom. The Bertz CT molecular complexity index is 555. The van der Waals surface area contributed by atoms with Crippen molar-refractivity contribution in [1.82, 2.24) is 10.3 Å². The van der Waals surface area contributed by atoms with Crippen molar-refractivity contribution in [3.05, 3.63) is 54.0 Å². The Morgan fingerprint density at radius 1 is 1.21 bits per heavy atom. The molecule has 0 spiro atoms. The molecule has 0 unspecified atom stereocenters. The van der Waals surface area contributed by atoms with Crippen LogP contribution in [-0.2, 0) is 6.54 Å². The largest absolute Gasteiger partial charge is 0.310 e. The third-order valence-electron chi connectivity index (χ3n) is 3.07. The van der Waals surface area contributed by atoms with E-state index in [0.29, 0.717) is 12.6 Å². The van der Waals surface area contributed by atoms with Gasteiger partial charge in [-0.25, -0.2) is 9.37 Å². The number of pyridine rings is 1. The third kappa shape index (κ3) is 3.33. The van der Waals surface area contributed by atoms with Gasteiger partial charge in [0.15, 0.2) is 0 Å². The molecule has 1 aromatic heterocycles. The molecular formula is C15H15FN2S. The average Bonchev–Trinajstić information content (AvgIpc) is 3.23. The maximum absolute atomic E-state index is 13.9. The molecule has 4 heteroatoms. The van der Waals surface area contributed by atoms with E-state index >= 15 is 0 Å². The normalized spacial score (nSPS) is 14.6. The summed E-state index contributed by atoms with van der Waals surface area (Å²) in [5.41, 5.74) is 0.741. The molecular weight excluding hydrogens is 259 g/mol. The summed E-state index contributed by atoms with van der Waals surface area (Å²) in [7, 11) is 0. The van der Waals surface area contributed by atoms with Crippen molar-refractivity contribution in [3.8, 4) is 0 Å². The molecule has 1 aliphatic carbocycles. The molecule has 1 aromatic carbocycles. The zero-order chi connectivity index (χ0) is 13.1. The molecule has 2 nitrogen and oxygen atoms in total. The Hall–Kier alpha value is -1.39. The minimum absolute atomic E-state index is 0.144. The van der Waals surface area contributed by atoms with Gasteiger partial charge in [0.1, 0.15) is 10.8 Å². The fourth-order valence-corrected chi connectivity index (χ4v) is 2.78. The fourth-order valence-electron chi connectivity index (χ4n) is 1.86. The first kappa shape index (κ1) is 12.6. The van der Waals surface area contributed by atoms with Crippen LogP contribution in [-0.4, -0.2) is 11.0 Å². The standard InChI is InChI=1S/C15H15FN2S/c16-13-4-3-5-14(12(13)10-18-11-7-8-11)19-15-6-1-2-9-17-15/h1-6,9,11,18H,7-8,10H2. The van der Waals surface area contributed by atoms with E-state index in [9.17, 15) is 4.39 Å². The summed E-state index contributed by atoms with van der Waals surface area (Å²) in [6, 6.07) is 11.6. The van der Waals surface area contributed by atoms with Crippen LogP contribution in [0.15, 0.2) is 52.5 Å². The van der Waals surface area contributed by atoms with Gasteiger partial charge in [-0.3, -0.25) is 0 Å². The van der Waals surface area contributed by atoms with E-state index in [1.54, 1.807) is 12.3 Å².